The maximum Gasteiger partial charge on any atom is 0.230 e. The fourth-order valence-electron chi connectivity index (χ4n) is 1.67. The second-order valence-corrected chi connectivity index (χ2v) is 4.41. The van der Waals surface area contributed by atoms with Crippen molar-refractivity contribution in [2.75, 3.05) is 25.0 Å². The van der Waals surface area contributed by atoms with E-state index in [0.717, 1.165) is 0 Å². The van der Waals surface area contributed by atoms with Crippen molar-refractivity contribution >= 4 is 17.5 Å². The van der Waals surface area contributed by atoms with Crippen LogP contribution in [0.5, 0.6) is 5.75 Å². The van der Waals surface area contributed by atoms with E-state index in [1.54, 1.807) is 18.2 Å². The quantitative estimate of drug-likeness (QED) is 0.678. The molecule has 0 radical (unpaired) electrons. The number of carbonyl (C=O) groups excluding carboxylic acids is 2. The Morgan fingerprint density at radius 1 is 1.37 bits per heavy atom. The van der Waals surface area contributed by atoms with Crippen molar-refractivity contribution < 1.29 is 14.3 Å². The van der Waals surface area contributed by atoms with Crippen LogP contribution in [0.4, 0.5) is 5.69 Å². The molecule has 0 saturated carbocycles. The number of carbonyl (C=O) groups is 2. The number of hydrogen-bond donors (Lipinski definition) is 3. The average Bonchev–Trinajstić information content (AvgIpc) is 2.28. The third-order valence-corrected chi connectivity index (χ3v) is 2.90. The second-order valence-electron chi connectivity index (χ2n) is 4.41. The summed E-state index contributed by atoms with van der Waals surface area (Å²) in [5, 5.41) is 5.88. The van der Waals surface area contributed by atoms with Crippen LogP contribution < -0.4 is 21.1 Å². The van der Waals surface area contributed by atoms with Crippen molar-refractivity contribution in [2.24, 2.45) is 11.7 Å². The van der Waals surface area contributed by atoms with Crippen LogP contribution in [0.2, 0.25) is 0 Å². The fourth-order valence-corrected chi connectivity index (χ4v) is 1.67. The largest absolute Gasteiger partial charge is 0.491 e. The predicted molar refractivity (Wildman–Crippen MR) is 70.7 cm³/mol. The van der Waals surface area contributed by atoms with Crippen LogP contribution in [0.15, 0.2) is 24.3 Å². The number of benzene rings is 1. The third-order valence-electron chi connectivity index (χ3n) is 2.90. The maximum atomic E-state index is 11.8. The standard InChI is InChI=1S/C13H17N3O3/c14-12(17)5-6-19-11-4-2-1-3-10(11)16-13(18)9-7-15-8-9/h1-4,9,15H,5-8H2,(H2,14,17)(H,16,18). The van der Waals surface area contributed by atoms with E-state index in [0.29, 0.717) is 24.5 Å². The monoisotopic (exact) mass is 263 g/mol. The number of nitrogens with two attached hydrogens (primary N) is 1. The zero-order chi connectivity index (χ0) is 13.7. The van der Waals surface area contributed by atoms with E-state index < -0.39 is 5.91 Å². The van der Waals surface area contributed by atoms with Gasteiger partial charge in [0.15, 0.2) is 0 Å². The maximum absolute atomic E-state index is 11.8. The molecule has 1 heterocycles. The van der Waals surface area contributed by atoms with E-state index in [2.05, 4.69) is 10.6 Å². The molecule has 2 rings (SSSR count). The van der Waals surface area contributed by atoms with Crippen molar-refractivity contribution in [3.63, 3.8) is 0 Å². The van der Waals surface area contributed by atoms with E-state index in [4.69, 9.17) is 10.5 Å². The highest BCUT2D eigenvalue weighted by Gasteiger charge is 2.25. The highest BCUT2D eigenvalue weighted by molar-refractivity contribution is 5.94. The first-order chi connectivity index (χ1) is 9.16. The molecule has 102 valence electrons. The van der Waals surface area contributed by atoms with Gasteiger partial charge in [-0.05, 0) is 12.1 Å². The van der Waals surface area contributed by atoms with E-state index >= 15 is 0 Å². The van der Waals surface area contributed by atoms with E-state index in [1.807, 2.05) is 6.07 Å². The van der Waals surface area contributed by atoms with Crippen LogP contribution in [-0.2, 0) is 9.59 Å². The fraction of sp³-hybridized carbons (Fsp3) is 0.385. The summed E-state index contributed by atoms with van der Waals surface area (Å²) in [6.45, 7) is 1.61. The van der Waals surface area contributed by atoms with Gasteiger partial charge in [-0.15, -0.1) is 0 Å². The Morgan fingerprint density at radius 3 is 2.74 bits per heavy atom. The summed E-state index contributed by atoms with van der Waals surface area (Å²) < 4.78 is 5.45. The van der Waals surface area contributed by atoms with Gasteiger partial charge in [-0.25, -0.2) is 0 Å². The minimum atomic E-state index is -0.415. The number of rotatable bonds is 6. The topological polar surface area (TPSA) is 93.5 Å². The van der Waals surface area contributed by atoms with Crippen LogP contribution in [0.3, 0.4) is 0 Å². The summed E-state index contributed by atoms with van der Waals surface area (Å²) in [7, 11) is 0. The molecular weight excluding hydrogens is 246 g/mol. The molecule has 1 saturated heterocycles. The van der Waals surface area contributed by atoms with Crippen molar-refractivity contribution in [1.29, 1.82) is 0 Å². The molecule has 19 heavy (non-hydrogen) atoms. The van der Waals surface area contributed by atoms with Crippen LogP contribution in [0.25, 0.3) is 0 Å². The number of anilines is 1. The molecule has 1 aromatic rings. The lowest BCUT2D eigenvalue weighted by molar-refractivity contribution is -0.121. The van der Waals surface area contributed by atoms with Gasteiger partial charge in [-0.3, -0.25) is 9.59 Å². The lowest BCUT2D eigenvalue weighted by atomic mass is 10.0. The molecule has 0 aromatic heterocycles. The Morgan fingerprint density at radius 2 is 2.11 bits per heavy atom. The summed E-state index contributed by atoms with van der Waals surface area (Å²) in [6, 6.07) is 7.13. The minimum Gasteiger partial charge on any atom is -0.491 e. The SMILES string of the molecule is NC(=O)CCOc1ccccc1NC(=O)C1CNC1. The summed E-state index contributed by atoms with van der Waals surface area (Å²) in [5.41, 5.74) is 5.66. The van der Waals surface area contributed by atoms with Crippen molar-refractivity contribution in [1.82, 2.24) is 5.32 Å². The molecule has 1 aliphatic rings. The van der Waals surface area contributed by atoms with E-state index in [9.17, 15) is 9.59 Å². The summed E-state index contributed by atoms with van der Waals surface area (Å²) in [6.07, 6.45) is 0.148. The van der Waals surface area contributed by atoms with Gasteiger partial charge in [-0.1, -0.05) is 12.1 Å². The molecule has 0 unspecified atom stereocenters. The lowest BCUT2D eigenvalue weighted by Gasteiger charge is -2.26. The van der Waals surface area contributed by atoms with Gasteiger partial charge in [0.05, 0.1) is 24.6 Å². The van der Waals surface area contributed by atoms with Gasteiger partial charge in [0, 0.05) is 13.1 Å². The highest BCUT2D eigenvalue weighted by atomic mass is 16.5. The van der Waals surface area contributed by atoms with E-state index in [1.165, 1.54) is 0 Å². The number of primary amides is 1. The Balaban J connectivity index is 1.94. The molecular formula is C13H17N3O3. The highest BCUT2D eigenvalue weighted by Crippen LogP contribution is 2.24. The predicted octanol–water partition coefficient (Wildman–Crippen LogP) is 0.0987. The third kappa shape index (κ3) is 3.69. The van der Waals surface area contributed by atoms with Gasteiger partial charge >= 0.3 is 0 Å². The van der Waals surface area contributed by atoms with Crippen molar-refractivity contribution in [2.45, 2.75) is 6.42 Å². The number of para-hydroxylation sites is 2. The Hall–Kier alpha value is -2.08. The molecule has 1 aromatic carbocycles. The number of nitrogens with one attached hydrogen (secondary N) is 2. The summed E-state index contributed by atoms with van der Waals surface area (Å²) in [5.74, 6) is 0.120. The molecule has 4 N–H and O–H groups in total. The summed E-state index contributed by atoms with van der Waals surface area (Å²) >= 11 is 0. The molecule has 1 aliphatic heterocycles. The van der Waals surface area contributed by atoms with Gasteiger partial charge in [-0.2, -0.15) is 0 Å². The normalized spacial score (nSPS) is 14.5. The van der Waals surface area contributed by atoms with Gasteiger partial charge < -0.3 is 21.1 Å². The Kier molecular flexibility index (Phi) is 4.35. The zero-order valence-electron chi connectivity index (χ0n) is 10.5. The van der Waals surface area contributed by atoms with Crippen LogP contribution in [-0.4, -0.2) is 31.5 Å². The zero-order valence-corrected chi connectivity index (χ0v) is 10.5. The molecule has 0 atom stereocenters. The minimum absolute atomic E-state index is 0.0127. The smallest absolute Gasteiger partial charge is 0.230 e. The molecule has 2 amide bonds. The molecule has 6 nitrogen and oxygen atoms in total. The van der Waals surface area contributed by atoms with Crippen LogP contribution >= 0.6 is 0 Å². The van der Waals surface area contributed by atoms with Crippen molar-refractivity contribution in [3.8, 4) is 5.75 Å². The number of hydrogen-bond acceptors (Lipinski definition) is 4. The second kappa shape index (κ2) is 6.19. The Labute approximate surface area is 111 Å². The van der Waals surface area contributed by atoms with Crippen LogP contribution in [0.1, 0.15) is 6.42 Å². The van der Waals surface area contributed by atoms with Gasteiger partial charge in [0.1, 0.15) is 5.75 Å². The molecule has 0 spiro atoms. The number of ether oxygens (including phenoxy) is 1. The first-order valence-electron chi connectivity index (χ1n) is 6.18. The molecule has 6 heteroatoms. The molecule has 0 aliphatic carbocycles. The van der Waals surface area contributed by atoms with E-state index in [-0.39, 0.29) is 24.9 Å². The molecule has 0 bridgehead atoms. The summed E-state index contributed by atoms with van der Waals surface area (Å²) in [4.78, 5) is 22.5. The van der Waals surface area contributed by atoms with Crippen LogP contribution in [0, 0.1) is 5.92 Å². The average molecular weight is 263 g/mol. The number of amides is 2. The molecule has 1 fully saturated rings. The van der Waals surface area contributed by atoms with Gasteiger partial charge in [0.2, 0.25) is 11.8 Å². The first kappa shape index (κ1) is 13.4. The first-order valence-corrected chi connectivity index (χ1v) is 6.18. The lowest BCUT2D eigenvalue weighted by Crippen LogP contribution is -2.48. The van der Waals surface area contributed by atoms with Crippen molar-refractivity contribution in [3.05, 3.63) is 24.3 Å². The van der Waals surface area contributed by atoms with Gasteiger partial charge in [0.25, 0.3) is 0 Å². The Bertz CT molecular complexity index is 472.